The first-order valence-corrected chi connectivity index (χ1v) is 9.46. The van der Waals surface area contributed by atoms with Crippen molar-refractivity contribution in [3.63, 3.8) is 0 Å². The second-order valence-electron chi connectivity index (χ2n) is 7.19. The molecule has 158 valence electrons. The zero-order valence-electron chi connectivity index (χ0n) is 16.6. The first-order chi connectivity index (χ1) is 14.3. The van der Waals surface area contributed by atoms with Gasteiger partial charge in [0.1, 0.15) is 23.8 Å². The third-order valence-electron chi connectivity index (χ3n) is 4.85. The number of alkyl halides is 1. The van der Waals surface area contributed by atoms with Gasteiger partial charge in [-0.25, -0.2) is 13.8 Å². The normalized spacial score (nSPS) is 18.2. The summed E-state index contributed by atoms with van der Waals surface area (Å²) in [4.78, 5) is 41.6. The van der Waals surface area contributed by atoms with Gasteiger partial charge in [-0.3, -0.25) is 14.4 Å². The lowest BCUT2D eigenvalue weighted by molar-refractivity contribution is -0.125. The van der Waals surface area contributed by atoms with Crippen LogP contribution in [0, 0.1) is 12.7 Å². The van der Waals surface area contributed by atoms with E-state index in [1.54, 1.807) is 25.1 Å². The highest BCUT2D eigenvalue weighted by molar-refractivity contribution is 5.98. The van der Waals surface area contributed by atoms with Gasteiger partial charge >= 0.3 is 0 Å². The summed E-state index contributed by atoms with van der Waals surface area (Å²) in [6.45, 7) is 2.67. The lowest BCUT2D eigenvalue weighted by atomic mass is 10.1. The van der Waals surface area contributed by atoms with Crippen molar-refractivity contribution < 1.29 is 23.2 Å². The highest BCUT2D eigenvalue weighted by Crippen LogP contribution is 2.23. The van der Waals surface area contributed by atoms with Crippen LogP contribution in [0.3, 0.4) is 0 Å². The van der Waals surface area contributed by atoms with E-state index in [-0.39, 0.29) is 36.8 Å². The summed E-state index contributed by atoms with van der Waals surface area (Å²) >= 11 is 0. The highest BCUT2D eigenvalue weighted by atomic mass is 19.1. The number of anilines is 1. The summed E-state index contributed by atoms with van der Waals surface area (Å²) in [5.41, 5.74) is 0.938. The number of amides is 3. The standard InChI is InChI=1S/C21H22F2N4O3/c1-12-4-3-5-14(19(12)23)9-25-20(29)17-8-16(22)11-27(17)21(30)15-6-7-18(24-10-15)26-13(2)28/h3-7,10,16-17H,8-9,11H2,1-2H3,(H,25,29)(H,24,26,28)/t16-,17+/m1/s1. The number of carbonyl (C=O) groups excluding carboxylic acids is 3. The number of hydrogen-bond donors (Lipinski definition) is 2. The molecule has 0 aliphatic carbocycles. The first kappa shape index (κ1) is 21.4. The summed E-state index contributed by atoms with van der Waals surface area (Å²) in [6, 6.07) is 6.75. The van der Waals surface area contributed by atoms with Crippen LogP contribution in [0.1, 0.15) is 34.8 Å². The van der Waals surface area contributed by atoms with Crippen LogP contribution in [-0.4, -0.2) is 46.4 Å². The average Bonchev–Trinajstić information content (AvgIpc) is 3.10. The van der Waals surface area contributed by atoms with Gasteiger partial charge in [-0.1, -0.05) is 18.2 Å². The molecule has 1 fully saturated rings. The van der Waals surface area contributed by atoms with Crippen LogP contribution in [0.2, 0.25) is 0 Å². The zero-order valence-corrected chi connectivity index (χ0v) is 16.6. The van der Waals surface area contributed by atoms with Gasteiger partial charge in [-0.2, -0.15) is 0 Å². The number of pyridine rings is 1. The minimum Gasteiger partial charge on any atom is -0.350 e. The van der Waals surface area contributed by atoms with Gasteiger partial charge in [-0.05, 0) is 24.6 Å². The molecule has 1 aromatic carbocycles. The third kappa shape index (κ3) is 4.79. The van der Waals surface area contributed by atoms with Crippen LogP contribution in [0.4, 0.5) is 14.6 Å². The molecular formula is C21H22F2N4O3. The van der Waals surface area contributed by atoms with Crippen LogP contribution in [0.5, 0.6) is 0 Å². The number of likely N-dealkylation sites (tertiary alicyclic amines) is 1. The fourth-order valence-corrected chi connectivity index (χ4v) is 3.34. The predicted molar refractivity (Wildman–Crippen MR) is 106 cm³/mol. The van der Waals surface area contributed by atoms with E-state index in [9.17, 15) is 23.2 Å². The smallest absolute Gasteiger partial charge is 0.256 e. The van der Waals surface area contributed by atoms with E-state index in [1.165, 1.54) is 25.3 Å². The molecule has 1 aliphatic heterocycles. The maximum absolute atomic E-state index is 14.1. The number of carbonyl (C=O) groups is 3. The Balaban J connectivity index is 1.69. The summed E-state index contributed by atoms with van der Waals surface area (Å²) in [5.74, 6) is -1.53. The Morgan fingerprint density at radius 1 is 1.23 bits per heavy atom. The van der Waals surface area contributed by atoms with E-state index in [4.69, 9.17) is 0 Å². The van der Waals surface area contributed by atoms with Crippen molar-refractivity contribution in [2.24, 2.45) is 0 Å². The Hall–Kier alpha value is -3.36. The number of halogens is 2. The molecule has 1 aliphatic rings. The molecule has 1 saturated heterocycles. The molecule has 0 unspecified atom stereocenters. The molecule has 0 saturated carbocycles. The Bertz CT molecular complexity index is 965. The molecule has 2 N–H and O–H groups in total. The molecule has 0 spiro atoms. The van der Waals surface area contributed by atoms with Gasteiger partial charge in [0.2, 0.25) is 11.8 Å². The second kappa shape index (κ2) is 8.98. The Morgan fingerprint density at radius 2 is 2.00 bits per heavy atom. The Morgan fingerprint density at radius 3 is 2.67 bits per heavy atom. The molecule has 0 radical (unpaired) electrons. The molecule has 30 heavy (non-hydrogen) atoms. The molecular weight excluding hydrogens is 394 g/mol. The van der Waals surface area contributed by atoms with E-state index in [1.807, 2.05) is 0 Å². The topological polar surface area (TPSA) is 91.4 Å². The fraction of sp³-hybridized carbons (Fsp3) is 0.333. The minimum atomic E-state index is -1.34. The van der Waals surface area contributed by atoms with Crippen LogP contribution in [0.15, 0.2) is 36.5 Å². The van der Waals surface area contributed by atoms with Gasteiger partial charge < -0.3 is 15.5 Å². The molecule has 3 rings (SSSR count). The van der Waals surface area contributed by atoms with E-state index in [0.29, 0.717) is 11.1 Å². The van der Waals surface area contributed by atoms with Crippen LogP contribution in [-0.2, 0) is 16.1 Å². The van der Waals surface area contributed by atoms with Crippen molar-refractivity contribution >= 4 is 23.5 Å². The summed E-state index contributed by atoms with van der Waals surface area (Å²) in [5, 5.41) is 5.08. The van der Waals surface area contributed by atoms with E-state index < -0.39 is 29.8 Å². The van der Waals surface area contributed by atoms with E-state index >= 15 is 0 Å². The highest BCUT2D eigenvalue weighted by Gasteiger charge is 2.40. The molecule has 0 bridgehead atoms. The Labute approximate surface area is 172 Å². The number of nitrogens with zero attached hydrogens (tertiary/aromatic N) is 2. The molecule has 2 atom stereocenters. The second-order valence-corrected chi connectivity index (χ2v) is 7.19. The average molecular weight is 416 g/mol. The largest absolute Gasteiger partial charge is 0.350 e. The molecule has 2 heterocycles. The van der Waals surface area contributed by atoms with Crippen LogP contribution >= 0.6 is 0 Å². The lowest BCUT2D eigenvalue weighted by Gasteiger charge is -2.23. The molecule has 9 heteroatoms. The maximum Gasteiger partial charge on any atom is 0.256 e. The van der Waals surface area contributed by atoms with Gasteiger partial charge in [0.05, 0.1) is 12.1 Å². The first-order valence-electron chi connectivity index (χ1n) is 9.46. The van der Waals surface area contributed by atoms with Gasteiger partial charge in [0.25, 0.3) is 5.91 Å². The Kier molecular flexibility index (Phi) is 6.39. The molecule has 3 amide bonds. The predicted octanol–water partition coefficient (Wildman–Crippen LogP) is 2.36. The number of nitrogens with one attached hydrogen (secondary N) is 2. The SMILES string of the molecule is CC(=O)Nc1ccc(C(=O)N2C[C@H](F)C[C@H]2C(=O)NCc2cccc(C)c2F)cn1. The van der Waals surface area contributed by atoms with Crippen molar-refractivity contribution in [1.82, 2.24) is 15.2 Å². The number of hydrogen-bond acceptors (Lipinski definition) is 4. The van der Waals surface area contributed by atoms with Gasteiger partial charge in [-0.15, -0.1) is 0 Å². The van der Waals surface area contributed by atoms with Gasteiger partial charge in [0, 0.05) is 31.6 Å². The number of benzene rings is 1. The molecule has 1 aromatic heterocycles. The summed E-state index contributed by atoms with van der Waals surface area (Å²) in [6.07, 6.45) is -0.214. The van der Waals surface area contributed by atoms with Gasteiger partial charge in [0.15, 0.2) is 0 Å². The van der Waals surface area contributed by atoms with Crippen molar-refractivity contribution in [2.75, 3.05) is 11.9 Å². The lowest BCUT2D eigenvalue weighted by Crippen LogP contribution is -2.45. The molecule has 2 aromatic rings. The van der Waals surface area contributed by atoms with E-state index in [0.717, 1.165) is 4.90 Å². The van der Waals surface area contributed by atoms with Crippen molar-refractivity contribution in [3.8, 4) is 0 Å². The summed E-state index contributed by atoms with van der Waals surface area (Å²) < 4.78 is 28.2. The minimum absolute atomic E-state index is 0.0607. The fourth-order valence-electron chi connectivity index (χ4n) is 3.34. The van der Waals surface area contributed by atoms with Crippen LogP contribution in [0.25, 0.3) is 0 Å². The number of rotatable bonds is 5. The molecule has 7 nitrogen and oxygen atoms in total. The van der Waals surface area contributed by atoms with Crippen molar-refractivity contribution in [1.29, 1.82) is 0 Å². The quantitative estimate of drug-likeness (QED) is 0.783. The van der Waals surface area contributed by atoms with E-state index in [2.05, 4.69) is 15.6 Å². The summed E-state index contributed by atoms with van der Waals surface area (Å²) in [7, 11) is 0. The van der Waals surface area contributed by atoms with Crippen LogP contribution < -0.4 is 10.6 Å². The van der Waals surface area contributed by atoms with Crippen molar-refractivity contribution in [2.45, 2.75) is 39.0 Å². The number of aryl methyl sites for hydroxylation is 1. The number of aromatic nitrogens is 1. The maximum atomic E-state index is 14.1. The zero-order chi connectivity index (χ0) is 21.8. The van der Waals surface area contributed by atoms with Crippen molar-refractivity contribution in [3.05, 3.63) is 59.0 Å². The monoisotopic (exact) mass is 416 g/mol. The third-order valence-corrected chi connectivity index (χ3v) is 4.85.